The molecule has 0 atom stereocenters. The topological polar surface area (TPSA) is 73.0 Å². The molecule has 1 saturated carbocycles. The number of carbonyl (C=O) groups is 3. The van der Waals surface area contributed by atoms with E-state index in [1.54, 1.807) is 0 Å². The Balaban J connectivity index is 1.35. The molecule has 3 fully saturated rings. The number of carbonyl (C=O) groups excluding carboxylic acids is 3. The number of nitrogens with zero attached hydrogens (tertiary/aromatic N) is 3. The molecule has 3 amide bonds. The minimum Gasteiger partial charge on any atom is -0.369 e. The maximum atomic E-state index is 13.8. The average Bonchev–Trinajstić information content (AvgIpc) is 3.39. The fourth-order valence-electron chi connectivity index (χ4n) is 6.00. The second-order valence-corrected chi connectivity index (χ2v) is 11.1. The molecule has 2 heterocycles. The van der Waals surface area contributed by atoms with Gasteiger partial charge in [-0.2, -0.15) is 0 Å². The maximum absolute atomic E-state index is 13.8. The van der Waals surface area contributed by atoms with E-state index in [0.717, 1.165) is 82.3 Å². The number of likely N-dealkylation sites (tertiary alicyclic amines) is 1. The number of nitrogens with one attached hydrogen (secondary N) is 1. The van der Waals surface area contributed by atoms with E-state index in [1.165, 1.54) is 0 Å². The molecule has 5 rings (SSSR count). The molecule has 1 aliphatic carbocycles. The Kier molecular flexibility index (Phi) is 8.30. The summed E-state index contributed by atoms with van der Waals surface area (Å²) in [6.07, 6.45) is 8.13. The van der Waals surface area contributed by atoms with Crippen LogP contribution in [0, 0.1) is 12.8 Å². The third-order valence-electron chi connectivity index (χ3n) is 8.29. The number of piperidine rings is 1. The quantitative estimate of drug-likeness (QED) is 0.600. The van der Waals surface area contributed by atoms with Gasteiger partial charge in [0.2, 0.25) is 5.91 Å². The molecule has 2 aromatic rings. The Bertz CT molecular complexity index is 1150. The fourth-order valence-corrected chi connectivity index (χ4v) is 6.00. The summed E-state index contributed by atoms with van der Waals surface area (Å²) in [7, 11) is 0. The van der Waals surface area contributed by atoms with Crippen LogP contribution in [0.25, 0.3) is 0 Å². The van der Waals surface area contributed by atoms with Crippen LogP contribution in [-0.2, 0) is 4.79 Å². The van der Waals surface area contributed by atoms with Gasteiger partial charge in [-0.3, -0.25) is 14.4 Å². The Morgan fingerprint density at radius 1 is 0.711 bits per heavy atom. The zero-order valence-corrected chi connectivity index (χ0v) is 22.6. The van der Waals surface area contributed by atoms with Crippen LogP contribution in [0.15, 0.2) is 42.5 Å². The van der Waals surface area contributed by atoms with E-state index in [4.69, 9.17) is 0 Å². The van der Waals surface area contributed by atoms with Crippen LogP contribution in [0.2, 0.25) is 0 Å². The van der Waals surface area contributed by atoms with E-state index in [2.05, 4.69) is 10.2 Å². The van der Waals surface area contributed by atoms with E-state index in [9.17, 15) is 14.4 Å². The number of rotatable bonds is 5. The van der Waals surface area contributed by atoms with Crippen molar-refractivity contribution in [1.29, 1.82) is 0 Å². The molecule has 1 N–H and O–H groups in total. The predicted molar refractivity (Wildman–Crippen MR) is 151 cm³/mol. The highest BCUT2D eigenvalue weighted by Crippen LogP contribution is 2.30. The third kappa shape index (κ3) is 6.03. The minimum absolute atomic E-state index is 0.0356. The number of benzene rings is 2. The first-order valence-corrected chi connectivity index (χ1v) is 14.3. The number of amides is 3. The predicted octanol–water partition coefficient (Wildman–Crippen LogP) is 5.10. The molecule has 2 aliphatic heterocycles. The van der Waals surface area contributed by atoms with Gasteiger partial charge in [-0.25, -0.2) is 0 Å². The molecular weight excluding hydrogens is 476 g/mol. The molecule has 0 aromatic heterocycles. The molecule has 2 aromatic carbocycles. The molecule has 2 saturated heterocycles. The van der Waals surface area contributed by atoms with Gasteiger partial charge in [0.25, 0.3) is 11.8 Å². The Hall–Kier alpha value is -3.35. The lowest BCUT2D eigenvalue weighted by atomic mass is 10.0. The second-order valence-electron chi connectivity index (χ2n) is 11.1. The first-order chi connectivity index (χ1) is 18.5. The monoisotopic (exact) mass is 516 g/mol. The molecule has 38 heavy (non-hydrogen) atoms. The standard InChI is InChI=1S/C31H40N4O3/c1-23-10-12-25(13-11-23)30(37)35-19-7-18-33(20-21-35)28-15-14-26(32-29(36)24-8-3-4-9-24)22-27(28)31(38)34-16-5-2-6-17-34/h10-15,22,24H,2-9,16-21H2,1H3,(H,32,36). The summed E-state index contributed by atoms with van der Waals surface area (Å²) in [5.74, 6) is 0.222. The van der Waals surface area contributed by atoms with Gasteiger partial charge in [0.15, 0.2) is 0 Å². The number of anilines is 2. The zero-order chi connectivity index (χ0) is 26.5. The number of hydrogen-bond donors (Lipinski definition) is 1. The highest BCUT2D eigenvalue weighted by molar-refractivity contribution is 6.02. The SMILES string of the molecule is Cc1ccc(C(=O)N2CCCN(c3ccc(NC(=O)C4CCCC4)cc3C(=O)N3CCCCC3)CC2)cc1. The highest BCUT2D eigenvalue weighted by Gasteiger charge is 2.27. The van der Waals surface area contributed by atoms with Gasteiger partial charge >= 0.3 is 0 Å². The van der Waals surface area contributed by atoms with Crippen molar-refractivity contribution in [2.45, 2.75) is 58.3 Å². The summed E-state index contributed by atoms with van der Waals surface area (Å²) >= 11 is 0. The third-order valence-corrected chi connectivity index (χ3v) is 8.29. The first-order valence-electron chi connectivity index (χ1n) is 14.3. The zero-order valence-electron chi connectivity index (χ0n) is 22.6. The summed E-state index contributed by atoms with van der Waals surface area (Å²) < 4.78 is 0. The molecule has 0 radical (unpaired) electrons. The van der Waals surface area contributed by atoms with Crippen molar-refractivity contribution in [1.82, 2.24) is 9.80 Å². The molecule has 0 unspecified atom stereocenters. The molecule has 0 bridgehead atoms. The van der Waals surface area contributed by atoms with Crippen molar-refractivity contribution < 1.29 is 14.4 Å². The Labute approximate surface area is 226 Å². The highest BCUT2D eigenvalue weighted by atomic mass is 16.2. The fraction of sp³-hybridized carbons (Fsp3) is 0.516. The minimum atomic E-state index is 0.0356. The van der Waals surface area contributed by atoms with Gasteiger partial charge < -0.3 is 20.0 Å². The number of aryl methyl sites for hydroxylation is 1. The van der Waals surface area contributed by atoms with Crippen LogP contribution in [0.4, 0.5) is 11.4 Å². The van der Waals surface area contributed by atoms with Crippen molar-refractivity contribution in [2.75, 3.05) is 49.5 Å². The summed E-state index contributed by atoms with van der Waals surface area (Å²) in [6, 6.07) is 13.5. The summed E-state index contributed by atoms with van der Waals surface area (Å²) in [6.45, 7) is 6.29. The van der Waals surface area contributed by atoms with Crippen molar-refractivity contribution in [3.63, 3.8) is 0 Å². The van der Waals surface area contributed by atoms with E-state index < -0.39 is 0 Å². The van der Waals surface area contributed by atoms with Gasteiger partial charge in [0.1, 0.15) is 0 Å². The van der Waals surface area contributed by atoms with E-state index in [0.29, 0.717) is 36.4 Å². The lowest BCUT2D eigenvalue weighted by Gasteiger charge is -2.31. The molecule has 0 spiro atoms. The van der Waals surface area contributed by atoms with Crippen molar-refractivity contribution in [3.05, 3.63) is 59.2 Å². The summed E-state index contributed by atoms with van der Waals surface area (Å²) in [5, 5.41) is 3.09. The van der Waals surface area contributed by atoms with Crippen LogP contribution < -0.4 is 10.2 Å². The van der Waals surface area contributed by atoms with Crippen LogP contribution in [0.5, 0.6) is 0 Å². The van der Waals surface area contributed by atoms with Crippen LogP contribution >= 0.6 is 0 Å². The van der Waals surface area contributed by atoms with Crippen molar-refractivity contribution >= 4 is 29.1 Å². The maximum Gasteiger partial charge on any atom is 0.256 e. The van der Waals surface area contributed by atoms with E-state index in [-0.39, 0.29) is 23.6 Å². The molecule has 7 nitrogen and oxygen atoms in total. The van der Waals surface area contributed by atoms with Crippen molar-refractivity contribution in [2.24, 2.45) is 5.92 Å². The second kappa shape index (κ2) is 12.0. The Morgan fingerprint density at radius 2 is 1.39 bits per heavy atom. The summed E-state index contributed by atoms with van der Waals surface area (Å²) in [4.78, 5) is 45.8. The average molecular weight is 517 g/mol. The molecule has 7 heteroatoms. The number of hydrogen-bond acceptors (Lipinski definition) is 4. The molecule has 3 aliphatic rings. The van der Waals surface area contributed by atoms with Gasteiger partial charge in [-0.15, -0.1) is 0 Å². The van der Waals surface area contributed by atoms with Gasteiger partial charge in [0, 0.05) is 62.1 Å². The lowest BCUT2D eigenvalue weighted by Crippen LogP contribution is -2.38. The summed E-state index contributed by atoms with van der Waals surface area (Å²) in [5.41, 5.74) is 4.08. The molecular formula is C31H40N4O3. The van der Waals surface area contributed by atoms with Gasteiger partial charge in [-0.1, -0.05) is 30.5 Å². The van der Waals surface area contributed by atoms with Crippen LogP contribution in [0.1, 0.15) is 77.6 Å². The van der Waals surface area contributed by atoms with Crippen LogP contribution in [-0.4, -0.2) is 66.8 Å². The molecule has 202 valence electrons. The van der Waals surface area contributed by atoms with Gasteiger partial charge in [-0.05, 0) is 75.8 Å². The largest absolute Gasteiger partial charge is 0.369 e. The van der Waals surface area contributed by atoms with Gasteiger partial charge in [0.05, 0.1) is 5.56 Å². The lowest BCUT2D eigenvalue weighted by molar-refractivity contribution is -0.119. The normalized spacial score (nSPS) is 18.8. The van der Waals surface area contributed by atoms with Crippen LogP contribution in [0.3, 0.4) is 0 Å². The smallest absolute Gasteiger partial charge is 0.256 e. The van der Waals surface area contributed by atoms with Crippen molar-refractivity contribution in [3.8, 4) is 0 Å². The van der Waals surface area contributed by atoms with E-state index >= 15 is 0 Å². The first kappa shape index (κ1) is 26.3. The Morgan fingerprint density at radius 3 is 2.13 bits per heavy atom. The van der Waals surface area contributed by atoms with E-state index in [1.807, 2.05) is 59.2 Å².